The normalized spacial score (nSPS) is 32.7. The molecule has 0 radical (unpaired) electrons. The van der Waals surface area contributed by atoms with Crippen LogP contribution in [0.25, 0.3) is 0 Å². The van der Waals surface area contributed by atoms with Gasteiger partial charge in [-0.2, -0.15) is 5.90 Å². The number of ether oxygens (including phenoxy) is 5. The Labute approximate surface area is 350 Å². The van der Waals surface area contributed by atoms with E-state index in [0.717, 1.165) is 6.92 Å². The molecule has 2 aromatic rings. The van der Waals surface area contributed by atoms with Crippen LogP contribution in [0.1, 0.15) is 82.6 Å². The van der Waals surface area contributed by atoms with Gasteiger partial charge in [0.05, 0.1) is 36.0 Å². The Hall–Kier alpha value is -4.24. The summed E-state index contributed by atoms with van der Waals surface area (Å²) in [5, 5.41) is 41.8. The summed E-state index contributed by atoms with van der Waals surface area (Å²) in [6, 6.07) is 16.6. The Kier molecular flexibility index (Phi) is 13.3. The van der Waals surface area contributed by atoms with E-state index >= 15 is 4.79 Å². The number of carbonyl (C=O) groups excluding carboxylic acids is 5. The van der Waals surface area contributed by atoms with Crippen LogP contribution in [0.2, 0.25) is 0 Å². The van der Waals surface area contributed by atoms with Crippen LogP contribution in [-0.4, -0.2) is 105 Å². The van der Waals surface area contributed by atoms with Gasteiger partial charge in [-0.15, -0.1) is 9.32 Å². The van der Waals surface area contributed by atoms with Crippen LogP contribution in [0.4, 0.5) is 0 Å². The highest BCUT2D eigenvalue weighted by molar-refractivity contribution is 7.94. The highest BCUT2D eigenvalue weighted by Crippen LogP contribution is 2.64. The second-order valence-electron chi connectivity index (χ2n) is 16.5. The second kappa shape index (κ2) is 17.6. The highest BCUT2D eigenvalue weighted by atomic mass is 32.2. The number of Topliss-reactive ketones (excluding diaryl/α,β-unsaturated/α-hetero) is 1. The number of aliphatic hydroxyl groups excluding tert-OH is 2. The Morgan fingerprint density at radius 1 is 1.00 bits per heavy atom. The fraction of sp³-hybridized carbons (Fsp3) is 0.548. The summed E-state index contributed by atoms with van der Waals surface area (Å²) >= 11 is 0.689. The van der Waals surface area contributed by atoms with Crippen LogP contribution < -0.4 is 5.90 Å². The number of nitrogens with two attached hydrogens (primary N) is 1. The minimum absolute atomic E-state index is 0.0180. The fourth-order valence-electron chi connectivity index (χ4n) is 9.66. The van der Waals surface area contributed by atoms with E-state index < -0.39 is 107 Å². The van der Waals surface area contributed by atoms with Gasteiger partial charge >= 0.3 is 23.9 Å². The molecule has 0 amide bonds. The molecule has 1 aliphatic heterocycles. The Bertz CT molecular complexity index is 1980. The predicted molar refractivity (Wildman–Crippen MR) is 208 cm³/mol. The summed E-state index contributed by atoms with van der Waals surface area (Å²) in [7, 11) is 0. The van der Waals surface area contributed by atoms with E-state index in [-0.39, 0.29) is 41.9 Å². The Morgan fingerprint density at radius 3 is 2.25 bits per heavy atom. The first-order valence-corrected chi connectivity index (χ1v) is 20.4. The van der Waals surface area contributed by atoms with Gasteiger partial charge in [0.1, 0.15) is 30.0 Å². The van der Waals surface area contributed by atoms with Gasteiger partial charge in [-0.1, -0.05) is 69.3 Å². The fourth-order valence-corrected chi connectivity index (χ4v) is 10.1. The molecule has 6 rings (SSSR count). The van der Waals surface area contributed by atoms with Gasteiger partial charge in [-0.3, -0.25) is 14.4 Å². The zero-order chi connectivity index (χ0) is 43.8. The van der Waals surface area contributed by atoms with Crippen molar-refractivity contribution in [2.24, 2.45) is 22.6 Å². The SMILES string of the molecule is CC(=O)O[C@@]12CO[C@@H]1C[C@H](O)[C@@]1(C)C(=O)[C@H](O)C3=C(C)[C@@H](OC(=O)[C@H](OC(=O)CCSOOON)[C@@H](C)c4ccccc4)CC(O)(C(OC(=O)c4ccccc4)[C@H]21)C3(C)C. The third-order valence-electron chi connectivity index (χ3n) is 13.0. The molecule has 2 saturated carbocycles. The predicted octanol–water partition coefficient (Wildman–Crippen LogP) is 3.14. The summed E-state index contributed by atoms with van der Waals surface area (Å²) in [6.07, 6.45) is -10.2. The maximum absolute atomic E-state index is 15.0. The summed E-state index contributed by atoms with van der Waals surface area (Å²) < 4.78 is 34.7. The van der Waals surface area contributed by atoms with Crippen molar-refractivity contribution in [1.82, 2.24) is 0 Å². The van der Waals surface area contributed by atoms with E-state index in [9.17, 15) is 34.5 Å². The van der Waals surface area contributed by atoms with E-state index in [0.29, 0.717) is 17.6 Å². The van der Waals surface area contributed by atoms with Crippen LogP contribution in [0.15, 0.2) is 71.8 Å². The number of rotatable bonds is 14. The van der Waals surface area contributed by atoms with E-state index in [1.54, 1.807) is 69.3 Å². The number of benzene rings is 2. The lowest BCUT2D eigenvalue weighted by Crippen LogP contribution is -2.81. The highest BCUT2D eigenvalue weighted by Gasteiger charge is 2.78. The van der Waals surface area contributed by atoms with Gasteiger partial charge in [0.25, 0.3) is 0 Å². The summed E-state index contributed by atoms with van der Waals surface area (Å²) in [6.45, 7) is 8.60. The number of hydrogen-bond acceptors (Lipinski definition) is 18. The molecule has 326 valence electrons. The number of hydrogen-bond donors (Lipinski definition) is 4. The van der Waals surface area contributed by atoms with Crippen molar-refractivity contribution in [2.75, 3.05) is 12.4 Å². The van der Waals surface area contributed by atoms with Crippen molar-refractivity contribution in [3.63, 3.8) is 0 Å². The molecule has 18 heteroatoms. The molecule has 2 unspecified atom stereocenters. The van der Waals surface area contributed by atoms with Gasteiger partial charge < -0.3 is 39.0 Å². The Balaban J connectivity index is 1.46. The van der Waals surface area contributed by atoms with Crippen molar-refractivity contribution in [2.45, 2.75) is 115 Å². The van der Waals surface area contributed by atoms with Crippen LogP contribution in [0.5, 0.6) is 0 Å². The Morgan fingerprint density at radius 2 is 1.65 bits per heavy atom. The first kappa shape index (κ1) is 45.3. The lowest BCUT2D eigenvalue weighted by Gasteiger charge is -2.67. The molecule has 5 N–H and O–H groups in total. The summed E-state index contributed by atoms with van der Waals surface area (Å²) in [5.41, 5.74) is -6.81. The van der Waals surface area contributed by atoms with Crippen LogP contribution in [0, 0.1) is 16.7 Å². The van der Waals surface area contributed by atoms with E-state index in [2.05, 4.69) is 14.4 Å². The standard InChI is InChI=1S/C42H51NO16S/c1-22(25-13-9-7-10-14-25)33(54-30(46)17-18-60-59-58-57-43)38(50)53-27-20-42(51)36(55-37(49)26-15-11-8-12-16-26)34-40(6,35(48)32(47)31(23(27)2)39(42,4)5)28(45)19-29-41(34,21-52-29)56-24(3)44/h7-16,22,27-29,32-34,36,45,47,51H,17-21,43H2,1-6H3/t22-,27-,28-,29+,32+,33+,34-,36?,40+,41-,42?/m0/s1. The number of ketones is 1. The van der Waals surface area contributed by atoms with E-state index in [4.69, 9.17) is 29.6 Å². The van der Waals surface area contributed by atoms with Crippen molar-refractivity contribution in [1.29, 1.82) is 0 Å². The number of aliphatic hydroxyl groups is 3. The lowest BCUT2D eigenvalue weighted by atomic mass is 9.44. The molecule has 3 fully saturated rings. The van der Waals surface area contributed by atoms with Gasteiger partial charge in [0.15, 0.2) is 11.4 Å². The molecule has 1 heterocycles. The number of fused-ring (bicyclic) bond motifs is 5. The van der Waals surface area contributed by atoms with Crippen molar-refractivity contribution in [3.05, 3.63) is 82.9 Å². The molecule has 4 aliphatic rings. The number of carbonyl (C=O) groups is 5. The molecule has 0 spiro atoms. The molecule has 17 nitrogen and oxygen atoms in total. The molecular formula is C42H51NO16S. The quantitative estimate of drug-likeness (QED) is 0.0405. The zero-order valence-electron chi connectivity index (χ0n) is 34.1. The maximum Gasteiger partial charge on any atom is 0.348 e. The van der Waals surface area contributed by atoms with Crippen LogP contribution in [0.3, 0.4) is 0 Å². The smallest absolute Gasteiger partial charge is 0.348 e. The molecule has 11 atom stereocenters. The van der Waals surface area contributed by atoms with E-state index in [1.165, 1.54) is 26.0 Å². The average Bonchev–Trinajstić information content (AvgIpc) is 3.21. The molecule has 1 saturated heterocycles. The second-order valence-corrected chi connectivity index (χ2v) is 17.3. The van der Waals surface area contributed by atoms with Crippen molar-refractivity contribution in [3.8, 4) is 0 Å². The van der Waals surface area contributed by atoms with Gasteiger partial charge in [0.2, 0.25) is 6.10 Å². The topological polar surface area (TPSA) is 246 Å². The van der Waals surface area contributed by atoms with Crippen molar-refractivity contribution < 1.29 is 77.3 Å². The van der Waals surface area contributed by atoms with Crippen LogP contribution >= 0.6 is 12.0 Å². The monoisotopic (exact) mass is 857 g/mol. The van der Waals surface area contributed by atoms with Gasteiger partial charge in [-0.05, 0) is 47.7 Å². The summed E-state index contributed by atoms with van der Waals surface area (Å²) in [5.74, 6) is -1.91. The molecule has 60 heavy (non-hydrogen) atoms. The van der Waals surface area contributed by atoms with Crippen LogP contribution in [-0.2, 0) is 57.2 Å². The minimum atomic E-state index is -2.33. The van der Waals surface area contributed by atoms with Crippen molar-refractivity contribution >= 4 is 41.7 Å². The molecular weight excluding hydrogens is 807 g/mol. The first-order chi connectivity index (χ1) is 28.3. The average molecular weight is 858 g/mol. The third-order valence-corrected chi connectivity index (χ3v) is 13.5. The molecule has 2 bridgehead atoms. The van der Waals surface area contributed by atoms with Gasteiger partial charge in [-0.25, -0.2) is 9.59 Å². The van der Waals surface area contributed by atoms with Gasteiger partial charge in [0, 0.05) is 48.9 Å². The number of esters is 4. The minimum Gasteiger partial charge on any atom is -0.455 e. The molecule has 3 aliphatic carbocycles. The first-order valence-electron chi connectivity index (χ1n) is 19.5. The van der Waals surface area contributed by atoms with E-state index in [1.807, 2.05) is 0 Å². The summed E-state index contributed by atoms with van der Waals surface area (Å²) in [4.78, 5) is 73.5. The molecule has 2 aromatic carbocycles. The zero-order valence-corrected chi connectivity index (χ0v) is 34.9. The third kappa shape index (κ3) is 7.89. The molecule has 0 aromatic heterocycles. The maximum atomic E-state index is 15.0. The largest absolute Gasteiger partial charge is 0.455 e. The lowest BCUT2D eigenvalue weighted by molar-refractivity contribution is -0.464.